The Hall–Kier alpha value is -1.87. The van der Waals surface area contributed by atoms with Crippen molar-refractivity contribution in [1.82, 2.24) is 15.4 Å². The number of carbonyl (C=O) groups excluding carboxylic acids is 1. The van der Waals surface area contributed by atoms with Crippen LogP contribution in [0.3, 0.4) is 0 Å². The second-order valence-corrected chi connectivity index (χ2v) is 7.91. The lowest BCUT2D eigenvalue weighted by Gasteiger charge is -2.36. The summed E-state index contributed by atoms with van der Waals surface area (Å²) in [5.74, 6) is -1.50. The second kappa shape index (κ2) is 8.02. The van der Waals surface area contributed by atoms with Crippen molar-refractivity contribution in [3.8, 4) is 0 Å². The molecule has 0 unspecified atom stereocenters. The van der Waals surface area contributed by atoms with Crippen LogP contribution in [-0.2, 0) is 6.18 Å². The van der Waals surface area contributed by atoms with Gasteiger partial charge in [0, 0.05) is 11.4 Å². The lowest BCUT2D eigenvalue weighted by Crippen LogP contribution is -2.41. The van der Waals surface area contributed by atoms with Crippen molar-refractivity contribution in [2.75, 3.05) is 19.6 Å². The zero-order valence-electron chi connectivity index (χ0n) is 15.2. The summed E-state index contributed by atoms with van der Waals surface area (Å²) in [7, 11) is 0. The molecule has 0 aliphatic carbocycles. The quantitative estimate of drug-likeness (QED) is 0.813. The van der Waals surface area contributed by atoms with Crippen LogP contribution in [-0.4, -0.2) is 35.6 Å². The number of aromatic nitrogens is 1. The van der Waals surface area contributed by atoms with E-state index in [1.54, 1.807) is 11.3 Å². The third-order valence-corrected chi connectivity index (χ3v) is 5.91. The minimum atomic E-state index is -4.76. The number of hydrogen-bond acceptors (Lipinski definition) is 5. The van der Waals surface area contributed by atoms with Crippen LogP contribution in [0.25, 0.3) is 0 Å². The van der Waals surface area contributed by atoms with E-state index in [1.807, 2.05) is 17.5 Å². The molecule has 1 amide bonds. The Morgan fingerprint density at radius 1 is 1.44 bits per heavy atom. The number of alkyl halides is 3. The molecule has 1 saturated heterocycles. The number of nitrogens with zero attached hydrogens (tertiary/aromatic N) is 2. The summed E-state index contributed by atoms with van der Waals surface area (Å²) < 4.78 is 43.5. The van der Waals surface area contributed by atoms with Gasteiger partial charge in [-0.3, -0.25) is 9.69 Å². The molecule has 3 heterocycles. The van der Waals surface area contributed by atoms with Gasteiger partial charge in [-0.25, -0.2) is 0 Å². The zero-order valence-corrected chi connectivity index (χ0v) is 16.0. The average molecular weight is 401 g/mol. The molecule has 0 bridgehead atoms. The summed E-state index contributed by atoms with van der Waals surface area (Å²) in [5, 5.41) is 7.94. The fourth-order valence-corrected chi connectivity index (χ4v) is 4.20. The van der Waals surface area contributed by atoms with Crippen LogP contribution < -0.4 is 5.32 Å². The molecule has 0 saturated carbocycles. The molecule has 1 atom stereocenters. The normalized spacial score (nSPS) is 17.8. The first kappa shape index (κ1) is 19.9. The molecule has 148 valence electrons. The van der Waals surface area contributed by atoms with E-state index in [1.165, 1.54) is 6.92 Å². The van der Waals surface area contributed by atoms with Gasteiger partial charge in [0.15, 0.2) is 0 Å². The molecule has 0 aromatic carbocycles. The maximum absolute atomic E-state index is 13.1. The molecule has 5 nitrogen and oxygen atoms in total. The SMILES string of the molecule is Cc1noc(C(F)(F)F)c1C(=O)NC[C@@H](c1cccs1)N1CCC(C)CC1. The Labute approximate surface area is 159 Å². The first-order valence-electron chi connectivity index (χ1n) is 8.86. The van der Waals surface area contributed by atoms with Crippen molar-refractivity contribution in [2.24, 2.45) is 5.92 Å². The highest BCUT2D eigenvalue weighted by molar-refractivity contribution is 7.10. The molecule has 2 aromatic rings. The van der Waals surface area contributed by atoms with Crippen molar-refractivity contribution in [2.45, 2.75) is 38.9 Å². The fraction of sp³-hybridized carbons (Fsp3) is 0.556. The van der Waals surface area contributed by atoms with E-state index in [4.69, 9.17) is 0 Å². The molecule has 27 heavy (non-hydrogen) atoms. The molecule has 9 heteroatoms. The first-order valence-corrected chi connectivity index (χ1v) is 9.74. The van der Waals surface area contributed by atoms with E-state index in [0.29, 0.717) is 5.92 Å². The van der Waals surface area contributed by atoms with Gasteiger partial charge in [0.1, 0.15) is 5.56 Å². The minimum absolute atomic E-state index is 0.0593. The van der Waals surface area contributed by atoms with Gasteiger partial charge in [0.25, 0.3) is 11.7 Å². The number of rotatable bonds is 5. The first-order chi connectivity index (χ1) is 12.8. The number of hydrogen-bond donors (Lipinski definition) is 1. The number of halogens is 3. The molecule has 1 N–H and O–H groups in total. The van der Waals surface area contributed by atoms with E-state index in [0.717, 1.165) is 30.8 Å². The standard InChI is InChI=1S/C18H22F3N3O2S/c1-11-5-7-24(8-6-11)13(14-4-3-9-27-14)10-22-17(25)15-12(2)23-26-16(15)18(19,20)21/h3-4,9,11,13H,5-8,10H2,1-2H3,(H,22,25)/t13-/m0/s1. The molecule has 1 aliphatic rings. The molecule has 3 rings (SSSR count). The number of aryl methyl sites for hydroxylation is 1. The molecule has 1 fully saturated rings. The molecular weight excluding hydrogens is 379 g/mol. The highest BCUT2D eigenvalue weighted by Crippen LogP contribution is 2.34. The van der Waals surface area contributed by atoms with Crippen LogP contribution in [0.2, 0.25) is 0 Å². The van der Waals surface area contributed by atoms with Crippen molar-refractivity contribution >= 4 is 17.2 Å². The number of amides is 1. The highest BCUT2D eigenvalue weighted by Gasteiger charge is 2.42. The lowest BCUT2D eigenvalue weighted by molar-refractivity contribution is -0.155. The second-order valence-electron chi connectivity index (χ2n) is 6.93. The largest absolute Gasteiger partial charge is 0.453 e. The summed E-state index contributed by atoms with van der Waals surface area (Å²) in [6.45, 7) is 5.58. The van der Waals surface area contributed by atoms with E-state index in [9.17, 15) is 18.0 Å². The summed E-state index contributed by atoms with van der Waals surface area (Å²) in [5.41, 5.74) is -0.612. The smallest absolute Gasteiger partial charge is 0.351 e. The van der Waals surface area contributed by atoms with Gasteiger partial charge in [-0.1, -0.05) is 18.1 Å². The van der Waals surface area contributed by atoms with Crippen LogP contribution in [0.5, 0.6) is 0 Å². The number of likely N-dealkylation sites (tertiary alicyclic amines) is 1. The van der Waals surface area contributed by atoms with Crippen LogP contribution in [0.4, 0.5) is 13.2 Å². The summed E-state index contributed by atoms with van der Waals surface area (Å²) in [6, 6.07) is 3.87. The Bertz CT molecular complexity index is 765. The van der Waals surface area contributed by atoms with Crippen LogP contribution >= 0.6 is 11.3 Å². The fourth-order valence-electron chi connectivity index (χ4n) is 3.34. The van der Waals surface area contributed by atoms with Gasteiger partial charge in [-0.2, -0.15) is 13.2 Å². The lowest BCUT2D eigenvalue weighted by atomic mass is 9.97. The Morgan fingerprint density at radius 3 is 2.74 bits per heavy atom. The molecule has 0 radical (unpaired) electrons. The highest BCUT2D eigenvalue weighted by atomic mass is 32.1. The van der Waals surface area contributed by atoms with E-state index in [2.05, 4.69) is 26.8 Å². The molecule has 2 aromatic heterocycles. The van der Waals surface area contributed by atoms with Gasteiger partial charge in [-0.05, 0) is 50.2 Å². The summed E-state index contributed by atoms with van der Waals surface area (Å²) in [4.78, 5) is 15.9. The van der Waals surface area contributed by atoms with Crippen molar-refractivity contribution < 1.29 is 22.5 Å². The van der Waals surface area contributed by atoms with Gasteiger partial charge < -0.3 is 9.84 Å². The maximum atomic E-state index is 13.1. The van der Waals surface area contributed by atoms with Gasteiger partial charge in [0.05, 0.1) is 11.7 Å². The summed E-state index contributed by atoms with van der Waals surface area (Å²) >= 11 is 1.58. The number of nitrogens with one attached hydrogen (secondary N) is 1. The Balaban J connectivity index is 1.74. The average Bonchev–Trinajstić information content (AvgIpc) is 3.25. The number of thiophene rings is 1. The number of carbonyl (C=O) groups is 1. The van der Waals surface area contributed by atoms with Crippen LogP contribution in [0, 0.1) is 12.8 Å². The predicted octanol–water partition coefficient (Wildman–Crippen LogP) is 4.27. The van der Waals surface area contributed by atoms with Crippen LogP contribution in [0.15, 0.2) is 22.0 Å². The van der Waals surface area contributed by atoms with Crippen molar-refractivity contribution in [1.29, 1.82) is 0 Å². The van der Waals surface area contributed by atoms with Gasteiger partial charge >= 0.3 is 6.18 Å². The third kappa shape index (κ3) is 4.52. The minimum Gasteiger partial charge on any atom is -0.351 e. The zero-order chi connectivity index (χ0) is 19.6. The van der Waals surface area contributed by atoms with E-state index < -0.39 is 23.4 Å². The predicted molar refractivity (Wildman–Crippen MR) is 95.6 cm³/mol. The molecule has 0 spiro atoms. The van der Waals surface area contributed by atoms with E-state index in [-0.39, 0.29) is 18.3 Å². The topological polar surface area (TPSA) is 58.4 Å². The van der Waals surface area contributed by atoms with E-state index >= 15 is 0 Å². The van der Waals surface area contributed by atoms with Gasteiger partial charge in [0.2, 0.25) is 0 Å². The van der Waals surface area contributed by atoms with Crippen LogP contribution in [0.1, 0.15) is 52.5 Å². The maximum Gasteiger partial charge on any atom is 0.453 e. The Kier molecular flexibility index (Phi) is 5.90. The molecular formula is C18H22F3N3O2S. The monoisotopic (exact) mass is 401 g/mol. The number of piperidine rings is 1. The summed E-state index contributed by atoms with van der Waals surface area (Å²) in [6.07, 6.45) is -2.62. The molecule has 1 aliphatic heterocycles. The third-order valence-electron chi connectivity index (χ3n) is 4.93. The van der Waals surface area contributed by atoms with Crippen molar-refractivity contribution in [3.05, 3.63) is 39.4 Å². The Morgan fingerprint density at radius 2 is 2.15 bits per heavy atom. The van der Waals surface area contributed by atoms with Gasteiger partial charge in [-0.15, -0.1) is 11.3 Å². The van der Waals surface area contributed by atoms with Crippen molar-refractivity contribution in [3.63, 3.8) is 0 Å².